The number of nitrogens with zero attached hydrogens (tertiary/aromatic N) is 1. The summed E-state index contributed by atoms with van der Waals surface area (Å²) >= 11 is 1.69. The number of fused-ring (bicyclic) bond motifs is 1. The van der Waals surface area contributed by atoms with Crippen molar-refractivity contribution in [3.8, 4) is 0 Å². The van der Waals surface area contributed by atoms with E-state index >= 15 is 0 Å². The van der Waals surface area contributed by atoms with Crippen LogP contribution in [-0.4, -0.2) is 11.3 Å². The van der Waals surface area contributed by atoms with E-state index in [4.69, 9.17) is 0 Å². The van der Waals surface area contributed by atoms with Crippen molar-refractivity contribution in [2.24, 2.45) is 0 Å². The highest BCUT2D eigenvalue weighted by Gasteiger charge is 2.27. The SMILES string of the molecule is O=Cc1cncc2scc(C3CC3)c12. The monoisotopic (exact) mass is 203 g/mol. The van der Waals surface area contributed by atoms with Gasteiger partial charge < -0.3 is 0 Å². The normalized spacial score (nSPS) is 16.0. The van der Waals surface area contributed by atoms with Gasteiger partial charge in [0.2, 0.25) is 0 Å². The average molecular weight is 203 g/mol. The fourth-order valence-electron chi connectivity index (χ4n) is 1.82. The molecular formula is C11H9NOS. The summed E-state index contributed by atoms with van der Waals surface area (Å²) in [5.41, 5.74) is 2.10. The standard InChI is InChI=1S/C11H9NOS/c13-5-8-3-12-4-10-11(8)9(6-14-10)7-1-2-7/h3-7H,1-2H2. The van der Waals surface area contributed by atoms with Gasteiger partial charge in [-0.1, -0.05) is 0 Å². The van der Waals surface area contributed by atoms with E-state index in [1.54, 1.807) is 17.5 Å². The smallest absolute Gasteiger partial charge is 0.152 e. The fraction of sp³-hybridized carbons (Fsp3) is 0.273. The van der Waals surface area contributed by atoms with Crippen LogP contribution in [0.15, 0.2) is 17.8 Å². The number of carbonyl (C=O) groups is 1. The van der Waals surface area contributed by atoms with Crippen LogP contribution in [-0.2, 0) is 0 Å². The molecule has 3 heteroatoms. The Kier molecular flexibility index (Phi) is 1.67. The van der Waals surface area contributed by atoms with Crippen LogP contribution in [0.4, 0.5) is 0 Å². The Balaban J connectivity index is 2.34. The minimum atomic E-state index is 0.699. The van der Waals surface area contributed by atoms with Gasteiger partial charge in [-0.25, -0.2) is 0 Å². The quantitative estimate of drug-likeness (QED) is 0.702. The van der Waals surface area contributed by atoms with Crippen LogP contribution in [0.2, 0.25) is 0 Å². The summed E-state index contributed by atoms with van der Waals surface area (Å²) in [4.78, 5) is 14.9. The van der Waals surface area contributed by atoms with E-state index in [-0.39, 0.29) is 0 Å². The lowest BCUT2D eigenvalue weighted by atomic mass is 10.1. The van der Waals surface area contributed by atoms with Gasteiger partial charge in [0.25, 0.3) is 0 Å². The zero-order valence-corrected chi connectivity index (χ0v) is 8.38. The lowest BCUT2D eigenvalue weighted by molar-refractivity contribution is 0.112. The molecular weight excluding hydrogens is 194 g/mol. The first kappa shape index (κ1) is 8.12. The van der Waals surface area contributed by atoms with Crippen LogP contribution in [0.1, 0.15) is 34.7 Å². The first-order valence-corrected chi connectivity index (χ1v) is 5.58. The van der Waals surface area contributed by atoms with Crippen molar-refractivity contribution in [2.75, 3.05) is 0 Å². The molecule has 70 valence electrons. The van der Waals surface area contributed by atoms with Crippen molar-refractivity contribution in [3.05, 3.63) is 28.9 Å². The zero-order chi connectivity index (χ0) is 9.54. The summed E-state index contributed by atoms with van der Waals surface area (Å²) in [5.74, 6) is 0.699. The predicted molar refractivity (Wildman–Crippen MR) is 57.0 cm³/mol. The zero-order valence-electron chi connectivity index (χ0n) is 7.56. The minimum Gasteiger partial charge on any atom is -0.298 e. The molecule has 0 atom stereocenters. The summed E-state index contributed by atoms with van der Waals surface area (Å²) in [6.45, 7) is 0. The highest BCUT2D eigenvalue weighted by atomic mass is 32.1. The van der Waals surface area contributed by atoms with Crippen LogP contribution >= 0.6 is 11.3 Å². The molecule has 1 aliphatic carbocycles. The molecule has 0 bridgehead atoms. The Morgan fingerprint density at radius 2 is 2.29 bits per heavy atom. The van der Waals surface area contributed by atoms with Crippen molar-refractivity contribution < 1.29 is 4.79 Å². The third-order valence-corrected chi connectivity index (χ3v) is 3.62. The molecule has 0 spiro atoms. The second-order valence-corrected chi connectivity index (χ2v) is 4.60. The van der Waals surface area contributed by atoms with E-state index in [1.165, 1.54) is 18.4 Å². The van der Waals surface area contributed by atoms with Gasteiger partial charge in [-0.15, -0.1) is 11.3 Å². The highest BCUT2D eigenvalue weighted by molar-refractivity contribution is 7.17. The summed E-state index contributed by atoms with van der Waals surface area (Å²) in [5, 5.41) is 3.32. The molecule has 0 unspecified atom stereocenters. The first-order chi connectivity index (χ1) is 6.90. The molecule has 2 aromatic rings. The van der Waals surface area contributed by atoms with Crippen LogP contribution in [0, 0.1) is 0 Å². The number of thiophene rings is 1. The van der Waals surface area contributed by atoms with Gasteiger partial charge in [0.15, 0.2) is 6.29 Å². The molecule has 0 saturated heterocycles. The first-order valence-electron chi connectivity index (χ1n) is 4.70. The molecule has 0 aliphatic heterocycles. The van der Waals surface area contributed by atoms with E-state index in [9.17, 15) is 4.79 Å². The summed E-state index contributed by atoms with van der Waals surface area (Å²) < 4.78 is 1.14. The molecule has 1 fully saturated rings. The number of pyridine rings is 1. The van der Waals surface area contributed by atoms with Crippen molar-refractivity contribution in [1.29, 1.82) is 0 Å². The molecule has 0 amide bonds. The van der Waals surface area contributed by atoms with Crippen molar-refractivity contribution in [1.82, 2.24) is 4.98 Å². The molecule has 1 saturated carbocycles. The van der Waals surface area contributed by atoms with Gasteiger partial charge in [0.1, 0.15) is 0 Å². The molecule has 0 N–H and O–H groups in total. The minimum absolute atomic E-state index is 0.699. The molecule has 2 heterocycles. The van der Waals surface area contributed by atoms with Crippen LogP contribution in [0.25, 0.3) is 10.1 Å². The number of carbonyl (C=O) groups excluding carboxylic acids is 1. The largest absolute Gasteiger partial charge is 0.298 e. The predicted octanol–water partition coefficient (Wildman–Crippen LogP) is 2.99. The van der Waals surface area contributed by atoms with Crippen LogP contribution < -0.4 is 0 Å². The van der Waals surface area contributed by atoms with Gasteiger partial charge in [-0.05, 0) is 29.7 Å². The Morgan fingerprint density at radius 3 is 3.00 bits per heavy atom. The fourth-order valence-corrected chi connectivity index (χ4v) is 2.86. The second-order valence-electron chi connectivity index (χ2n) is 3.69. The average Bonchev–Trinajstić information content (AvgIpc) is 2.97. The Bertz CT molecular complexity index is 499. The maximum Gasteiger partial charge on any atom is 0.152 e. The summed E-state index contributed by atoms with van der Waals surface area (Å²) in [6.07, 6.45) is 6.96. The van der Waals surface area contributed by atoms with E-state index in [1.807, 2.05) is 6.20 Å². The third-order valence-electron chi connectivity index (χ3n) is 2.69. The lowest BCUT2D eigenvalue weighted by Gasteiger charge is -1.97. The van der Waals surface area contributed by atoms with Crippen molar-refractivity contribution in [3.63, 3.8) is 0 Å². The molecule has 0 radical (unpaired) electrons. The van der Waals surface area contributed by atoms with Crippen LogP contribution in [0.3, 0.4) is 0 Å². The topological polar surface area (TPSA) is 30.0 Å². The van der Waals surface area contributed by atoms with E-state index in [0.29, 0.717) is 5.92 Å². The molecule has 0 aromatic carbocycles. The molecule has 14 heavy (non-hydrogen) atoms. The number of hydrogen-bond donors (Lipinski definition) is 0. The number of rotatable bonds is 2. The van der Waals surface area contributed by atoms with Gasteiger partial charge >= 0.3 is 0 Å². The van der Waals surface area contributed by atoms with Gasteiger partial charge in [-0.2, -0.15) is 0 Å². The van der Waals surface area contributed by atoms with E-state index < -0.39 is 0 Å². The Hall–Kier alpha value is -1.22. The second kappa shape index (κ2) is 2.89. The Morgan fingerprint density at radius 1 is 1.43 bits per heavy atom. The lowest BCUT2D eigenvalue weighted by Crippen LogP contribution is -1.85. The number of aromatic nitrogens is 1. The summed E-state index contributed by atoms with van der Waals surface area (Å²) in [7, 11) is 0. The van der Waals surface area contributed by atoms with E-state index in [0.717, 1.165) is 21.9 Å². The molecule has 3 rings (SSSR count). The molecule has 1 aliphatic rings. The third kappa shape index (κ3) is 1.09. The van der Waals surface area contributed by atoms with Crippen LogP contribution in [0.5, 0.6) is 0 Å². The van der Waals surface area contributed by atoms with Crippen molar-refractivity contribution in [2.45, 2.75) is 18.8 Å². The van der Waals surface area contributed by atoms with Gasteiger partial charge in [-0.3, -0.25) is 9.78 Å². The van der Waals surface area contributed by atoms with Gasteiger partial charge in [0, 0.05) is 23.3 Å². The summed E-state index contributed by atoms with van der Waals surface area (Å²) in [6, 6.07) is 0. The Labute approximate surface area is 85.6 Å². The maximum absolute atomic E-state index is 10.9. The number of aldehydes is 1. The van der Waals surface area contributed by atoms with Crippen molar-refractivity contribution >= 4 is 27.7 Å². The maximum atomic E-state index is 10.9. The number of hydrogen-bond acceptors (Lipinski definition) is 3. The molecule has 2 aromatic heterocycles. The van der Waals surface area contributed by atoms with Gasteiger partial charge in [0.05, 0.1) is 4.70 Å². The van der Waals surface area contributed by atoms with E-state index in [2.05, 4.69) is 10.4 Å². The highest BCUT2D eigenvalue weighted by Crippen LogP contribution is 2.45. The molecule has 2 nitrogen and oxygen atoms in total.